The molecule has 1 aliphatic carbocycles. The minimum absolute atomic E-state index is 0.610. The van der Waals surface area contributed by atoms with Gasteiger partial charge in [-0.1, -0.05) is 182 Å². The van der Waals surface area contributed by atoms with Crippen molar-refractivity contribution in [1.29, 1.82) is 0 Å². The molecule has 4 nitrogen and oxygen atoms in total. The van der Waals surface area contributed by atoms with Crippen molar-refractivity contribution < 1.29 is 0 Å². The normalized spacial score (nSPS) is 14.2. The van der Waals surface area contributed by atoms with E-state index < -0.39 is 5.41 Å². The van der Waals surface area contributed by atoms with E-state index in [0.717, 1.165) is 44.8 Å². The van der Waals surface area contributed by atoms with E-state index in [4.69, 9.17) is 9.97 Å². The van der Waals surface area contributed by atoms with Gasteiger partial charge in [0.15, 0.2) is 5.82 Å². The Labute approximate surface area is 360 Å². The number of rotatable bonds is 7. The molecule has 0 bridgehead atoms. The maximum absolute atomic E-state index is 5.31. The van der Waals surface area contributed by atoms with Gasteiger partial charge in [-0.2, -0.15) is 0 Å². The Morgan fingerprint density at radius 3 is 1.76 bits per heavy atom. The molecule has 0 spiro atoms. The SMILES string of the molecule is c1ccc(-c2ccc(-c3nc(-c4ccccc4)cc(-c4cccc(-n5c6ccccc6c6ccc7c(c65)C(c5ccccc5)(c5ccncc5)c5ccccc5-7)c4)n3)cc2)cc1. The van der Waals surface area contributed by atoms with Crippen molar-refractivity contribution in [2.75, 3.05) is 0 Å². The van der Waals surface area contributed by atoms with Gasteiger partial charge in [0, 0.05) is 51.1 Å². The molecule has 1 aliphatic rings. The maximum Gasteiger partial charge on any atom is 0.160 e. The van der Waals surface area contributed by atoms with Crippen LogP contribution in [-0.2, 0) is 5.41 Å². The summed E-state index contributed by atoms with van der Waals surface area (Å²) in [4.78, 5) is 15.0. The summed E-state index contributed by atoms with van der Waals surface area (Å²) < 4.78 is 2.49. The van der Waals surface area contributed by atoms with Crippen molar-refractivity contribution in [2.24, 2.45) is 0 Å². The Bertz CT molecular complexity index is 3390. The van der Waals surface area contributed by atoms with Crippen molar-refractivity contribution in [3.05, 3.63) is 253 Å². The van der Waals surface area contributed by atoms with Gasteiger partial charge in [0.25, 0.3) is 0 Å². The summed E-state index contributed by atoms with van der Waals surface area (Å²) in [6.07, 6.45) is 3.86. The summed E-state index contributed by atoms with van der Waals surface area (Å²) in [6, 6.07) is 78.2. The van der Waals surface area contributed by atoms with Crippen LogP contribution in [0.15, 0.2) is 231 Å². The van der Waals surface area contributed by atoms with E-state index in [1.807, 2.05) is 24.5 Å². The van der Waals surface area contributed by atoms with Crippen molar-refractivity contribution in [2.45, 2.75) is 5.41 Å². The van der Waals surface area contributed by atoms with E-state index in [0.29, 0.717) is 5.82 Å². The molecule has 3 heterocycles. The summed E-state index contributed by atoms with van der Waals surface area (Å²) in [6.45, 7) is 0. The standard InChI is InChI=1S/C58H38N4/c1-4-15-39(16-5-1)40-27-29-42(30-28-40)57-60-52(41-17-6-2-7-18-41)38-53(61-57)43-19-14-22-46(37-43)62-54-26-13-11-24-48(54)50-32-31-49-47-23-10-12-25-51(47)58(55(49)56(50)62,44-20-8-3-9-21-44)45-33-35-59-36-34-45/h1-38H. The monoisotopic (exact) mass is 790 g/mol. The third-order valence-electron chi connectivity index (χ3n) is 12.6. The van der Waals surface area contributed by atoms with Crippen LogP contribution in [0.2, 0.25) is 0 Å². The molecular weight excluding hydrogens is 753 g/mol. The Kier molecular flexibility index (Phi) is 8.36. The second-order valence-electron chi connectivity index (χ2n) is 16.0. The second-order valence-corrected chi connectivity index (χ2v) is 16.0. The van der Waals surface area contributed by atoms with Gasteiger partial charge in [0.2, 0.25) is 0 Å². The predicted octanol–water partition coefficient (Wildman–Crippen LogP) is 14.0. The number of nitrogens with zero attached hydrogens (tertiary/aromatic N) is 4. The van der Waals surface area contributed by atoms with Crippen molar-refractivity contribution in [3.8, 4) is 61.8 Å². The molecule has 1 atom stereocenters. The molecule has 62 heavy (non-hydrogen) atoms. The summed E-state index contributed by atoms with van der Waals surface area (Å²) >= 11 is 0. The maximum atomic E-state index is 5.31. The van der Waals surface area contributed by atoms with Gasteiger partial charge in [-0.15, -0.1) is 0 Å². The Balaban J connectivity index is 1.10. The van der Waals surface area contributed by atoms with Crippen LogP contribution in [0.3, 0.4) is 0 Å². The van der Waals surface area contributed by atoms with Gasteiger partial charge < -0.3 is 4.57 Å². The van der Waals surface area contributed by atoms with E-state index in [2.05, 4.69) is 216 Å². The predicted molar refractivity (Wildman–Crippen MR) is 253 cm³/mol. The molecule has 0 radical (unpaired) electrons. The highest BCUT2D eigenvalue weighted by atomic mass is 15.0. The van der Waals surface area contributed by atoms with Gasteiger partial charge in [0.05, 0.1) is 27.8 Å². The Hall–Kier alpha value is -8.21. The molecule has 0 saturated carbocycles. The van der Waals surface area contributed by atoms with E-state index in [1.54, 1.807) is 0 Å². The fraction of sp³-hybridized carbons (Fsp3) is 0.0172. The van der Waals surface area contributed by atoms with Crippen LogP contribution in [0.5, 0.6) is 0 Å². The van der Waals surface area contributed by atoms with Crippen molar-refractivity contribution in [1.82, 2.24) is 19.5 Å². The third-order valence-corrected chi connectivity index (χ3v) is 12.6. The number of hydrogen-bond donors (Lipinski definition) is 0. The van der Waals surface area contributed by atoms with Crippen LogP contribution in [0.25, 0.3) is 83.6 Å². The molecule has 4 heteroatoms. The zero-order valence-corrected chi connectivity index (χ0v) is 33.7. The lowest BCUT2D eigenvalue weighted by Crippen LogP contribution is -2.29. The highest BCUT2D eigenvalue weighted by Gasteiger charge is 2.48. The van der Waals surface area contributed by atoms with Crippen LogP contribution >= 0.6 is 0 Å². The first-order chi connectivity index (χ1) is 30.8. The lowest BCUT2D eigenvalue weighted by molar-refractivity contribution is 0.769. The molecule has 0 amide bonds. The number of hydrogen-bond acceptors (Lipinski definition) is 3. The number of para-hydroxylation sites is 1. The van der Waals surface area contributed by atoms with Crippen LogP contribution in [0.1, 0.15) is 22.3 Å². The molecular formula is C58H38N4. The first kappa shape index (κ1) is 35.7. The van der Waals surface area contributed by atoms with Crippen LogP contribution < -0.4 is 0 Å². The summed E-state index contributed by atoms with van der Waals surface area (Å²) in [7, 11) is 0. The first-order valence-corrected chi connectivity index (χ1v) is 21.1. The van der Waals surface area contributed by atoms with Gasteiger partial charge in [-0.3, -0.25) is 4.98 Å². The van der Waals surface area contributed by atoms with Gasteiger partial charge in [0.1, 0.15) is 0 Å². The lowest BCUT2D eigenvalue weighted by Gasteiger charge is -2.34. The minimum Gasteiger partial charge on any atom is -0.309 e. The highest BCUT2D eigenvalue weighted by molar-refractivity contribution is 6.14. The van der Waals surface area contributed by atoms with Crippen molar-refractivity contribution >= 4 is 21.8 Å². The molecule has 290 valence electrons. The van der Waals surface area contributed by atoms with E-state index in [9.17, 15) is 0 Å². The quantitative estimate of drug-likeness (QED) is 0.161. The van der Waals surface area contributed by atoms with Crippen LogP contribution in [0, 0.1) is 0 Å². The number of fused-ring (bicyclic) bond motifs is 7. The molecule has 0 fully saturated rings. The number of aromatic nitrogens is 4. The van der Waals surface area contributed by atoms with E-state index >= 15 is 0 Å². The topological polar surface area (TPSA) is 43.6 Å². The molecule has 11 aromatic rings. The molecule has 1 unspecified atom stereocenters. The summed E-state index contributed by atoms with van der Waals surface area (Å²) in [5.74, 6) is 0.684. The average molecular weight is 791 g/mol. The molecule has 0 N–H and O–H groups in total. The smallest absolute Gasteiger partial charge is 0.160 e. The summed E-state index contributed by atoms with van der Waals surface area (Å²) in [5, 5.41) is 2.42. The zero-order chi connectivity index (χ0) is 41.0. The fourth-order valence-electron chi connectivity index (χ4n) is 9.89. The Morgan fingerprint density at radius 1 is 0.387 bits per heavy atom. The molecule has 0 aliphatic heterocycles. The third kappa shape index (κ3) is 5.58. The van der Waals surface area contributed by atoms with Crippen LogP contribution in [0.4, 0.5) is 0 Å². The van der Waals surface area contributed by atoms with Gasteiger partial charge in [-0.25, -0.2) is 9.97 Å². The molecule has 12 rings (SSSR count). The number of benzene rings is 8. The Morgan fingerprint density at radius 2 is 0.984 bits per heavy atom. The average Bonchev–Trinajstić information content (AvgIpc) is 3.86. The highest BCUT2D eigenvalue weighted by Crippen LogP contribution is 2.59. The van der Waals surface area contributed by atoms with E-state index in [-0.39, 0.29) is 0 Å². The zero-order valence-electron chi connectivity index (χ0n) is 33.7. The fourth-order valence-corrected chi connectivity index (χ4v) is 9.89. The summed E-state index contributed by atoms with van der Waals surface area (Å²) in [5.41, 5.74) is 17.3. The second kappa shape index (κ2) is 14.5. The lowest BCUT2D eigenvalue weighted by atomic mass is 9.67. The minimum atomic E-state index is -0.610. The molecule has 8 aromatic carbocycles. The van der Waals surface area contributed by atoms with Gasteiger partial charge >= 0.3 is 0 Å². The largest absolute Gasteiger partial charge is 0.309 e. The first-order valence-electron chi connectivity index (χ1n) is 21.1. The van der Waals surface area contributed by atoms with E-state index in [1.165, 1.54) is 55.2 Å². The van der Waals surface area contributed by atoms with Crippen molar-refractivity contribution in [3.63, 3.8) is 0 Å². The van der Waals surface area contributed by atoms with Crippen LogP contribution in [-0.4, -0.2) is 19.5 Å². The molecule has 3 aromatic heterocycles. The molecule has 0 saturated heterocycles. The van der Waals surface area contributed by atoms with Gasteiger partial charge in [-0.05, 0) is 75.3 Å². The number of pyridine rings is 1.